The number of halogens is 6. The molecule has 1 aliphatic heterocycles. The second-order valence-corrected chi connectivity index (χ2v) is 8.59. The number of hydrogen-bond acceptors (Lipinski definition) is 5. The van der Waals surface area contributed by atoms with Gasteiger partial charge in [-0.3, -0.25) is 9.20 Å². The van der Waals surface area contributed by atoms with Crippen molar-refractivity contribution < 1.29 is 31.1 Å². The second-order valence-electron chi connectivity index (χ2n) is 8.59. The Hall–Kier alpha value is -4.03. The van der Waals surface area contributed by atoms with Gasteiger partial charge in [0.1, 0.15) is 18.2 Å². The van der Waals surface area contributed by atoms with E-state index < -0.39 is 36.4 Å². The summed E-state index contributed by atoms with van der Waals surface area (Å²) in [4.78, 5) is 23.5. The molecule has 0 atom stereocenters. The summed E-state index contributed by atoms with van der Waals surface area (Å²) in [5, 5.41) is 3.56. The SMILES string of the molecule is CC.O=C1CN(c2ccc3c(c2)c(NCc2cccc(C(F)F)c2F)nc2nccn23)CCN1CC(F)(F)F. The molecule has 39 heavy (non-hydrogen) atoms. The molecule has 1 N–H and O–H groups in total. The molecule has 2 aromatic carbocycles. The van der Waals surface area contributed by atoms with Gasteiger partial charge in [-0.25, -0.2) is 18.2 Å². The summed E-state index contributed by atoms with van der Waals surface area (Å²) in [7, 11) is 0. The van der Waals surface area contributed by atoms with Gasteiger partial charge in [0.25, 0.3) is 6.43 Å². The van der Waals surface area contributed by atoms with Gasteiger partial charge in [0.05, 0.1) is 17.6 Å². The lowest BCUT2D eigenvalue weighted by Gasteiger charge is -2.36. The van der Waals surface area contributed by atoms with E-state index in [9.17, 15) is 31.1 Å². The molecule has 0 radical (unpaired) electrons. The molecule has 0 unspecified atom stereocenters. The van der Waals surface area contributed by atoms with E-state index in [0.29, 0.717) is 28.2 Å². The fraction of sp³-hybridized carbons (Fsp3) is 0.346. The van der Waals surface area contributed by atoms with E-state index in [-0.39, 0.29) is 31.7 Å². The molecule has 4 aromatic rings. The molecular weight excluding hydrogens is 526 g/mol. The van der Waals surface area contributed by atoms with Crippen molar-refractivity contribution in [2.24, 2.45) is 0 Å². The van der Waals surface area contributed by atoms with Crippen molar-refractivity contribution >= 4 is 34.1 Å². The molecule has 0 aliphatic carbocycles. The van der Waals surface area contributed by atoms with Crippen LogP contribution in [0, 0.1) is 5.82 Å². The maximum Gasteiger partial charge on any atom is 0.406 e. The van der Waals surface area contributed by atoms with E-state index >= 15 is 0 Å². The van der Waals surface area contributed by atoms with Gasteiger partial charge in [-0.15, -0.1) is 0 Å². The highest BCUT2D eigenvalue weighted by Gasteiger charge is 2.35. The Kier molecular flexibility index (Phi) is 8.17. The van der Waals surface area contributed by atoms with Crippen LogP contribution in [-0.4, -0.2) is 57.5 Å². The number of nitrogens with one attached hydrogen (secondary N) is 1. The number of aromatic nitrogens is 3. The molecule has 0 bridgehead atoms. The van der Waals surface area contributed by atoms with Gasteiger partial charge in [0, 0.05) is 48.7 Å². The fourth-order valence-corrected chi connectivity index (χ4v) is 4.38. The third-order valence-corrected chi connectivity index (χ3v) is 6.17. The molecule has 1 aliphatic rings. The first-order valence-electron chi connectivity index (χ1n) is 12.3. The zero-order chi connectivity index (χ0) is 28.3. The standard InChI is InChI=1S/C24H20F6N6O.C2H6/c25-20-14(2-1-3-16(20)21(26)27)11-32-22-17-10-15(4-5-18(17)36-7-6-31-23(36)33-22)34-8-9-35(19(37)12-34)13-24(28,29)30;1-2/h1-7,10,21H,8-9,11-13H2,(H,31,32,33);1-2H3. The first-order valence-corrected chi connectivity index (χ1v) is 12.3. The number of anilines is 2. The summed E-state index contributed by atoms with van der Waals surface area (Å²) >= 11 is 0. The highest BCUT2D eigenvalue weighted by atomic mass is 19.4. The third kappa shape index (κ3) is 6.02. The summed E-state index contributed by atoms with van der Waals surface area (Å²) in [5.41, 5.74) is 0.594. The molecule has 1 saturated heterocycles. The molecule has 13 heteroatoms. The number of carbonyl (C=O) groups is 1. The Bertz CT molecular complexity index is 1470. The Morgan fingerprint density at radius 1 is 1.10 bits per heavy atom. The van der Waals surface area contributed by atoms with Gasteiger partial charge >= 0.3 is 6.18 Å². The van der Waals surface area contributed by atoms with Crippen molar-refractivity contribution in [2.45, 2.75) is 33.0 Å². The Morgan fingerprint density at radius 3 is 2.56 bits per heavy atom. The number of alkyl halides is 5. The average molecular weight is 553 g/mol. The van der Waals surface area contributed by atoms with Crippen LogP contribution in [0.5, 0.6) is 0 Å². The quantitative estimate of drug-likeness (QED) is 0.306. The van der Waals surface area contributed by atoms with Gasteiger partial charge in [-0.2, -0.15) is 18.2 Å². The fourth-order valence-electron chi connectivity index (χ4n) is 4.38. The average Bonchev–Trinajstić information content (AvgIpc) is 3.38. The Balaban J connectivity index is 0.00000172. The zero-order valence-electron chi connectivity index (χ0n) is 21.1. The lowest BCUT2D eigenvalue weighted by Crippen LogP contribution is -2.52. The van der Waals surface area contributed by atoms with Crippen LogP contribution in [0.25, 0.3) is 16.7 Å². The van der Waals surface area contributed by atoms with Crippen molar-refractivity contribution in [1.82, 2.24) is 19.3 Å². The summed E-state index contributed by atoms with van der Waals surface area (Å²) in [5.74, 6) is -0.994. The van der Waals surface area contributed by atoms with Crippen LogP contribution < -0.4 is 10.2 Å². The van der Waals surface area contributed by atoms with Gasteiger partial charge in [0.15, 0.2) is 0 Å². The largest absolute Gasteiger partial charge is 0.406 e. The predicted octanol–water partition coefficient (Wildman–Crippen LogP) is 5.81. The van der Waals surface area contributed by atoms with Gasteiger partial charge < -0.3 is 15.1 Å². The van der Waals surface area contributed by atoms with Crippen molar-refractivity contribution in [3.8, 4) is 0 Å². The number of imidazole rings is 1. The summed E-state index contributed by atoms with van der Waals surface area (Å²) in [6.45, 7) is 2.46. The number of nitrogens with zero attached hydrogens (tertiary/aromatic N) is 5. The van der Waals surface area contributed by atoms with E-state index in [4.69, 9.17) is 0 Å². The van der Waals surface area contributed by atoms with Crippen LogP contribution in [0.15, 0.2) is 48.8 Å². The second kappa shape index (κ2) is 11.4. The molecule has 0 spiro atoms. The van der Waals surface area contributed by atoms with Crippen LogP contribution in [0.3, 0.4) is 0 Å². The normalized spacial score (nSPS) is 14.2. The Labute approximate surface area is 220 Å². The van der Waals surface area contributed by atoms with Crippen LogP contribution >= 0.6 is 0 Å². The number of amides is 1. The van der Waals surface area contributed by atoms with Crippen LogP contribution in [0.2, 0.25) is 0 Å². The lowest BCUT2D eigenvalue weighted by atomic mass is 10.1. The lowest BCUT2D eigenvalue weighted by molar-refractivity contribution is -0.161. The third-order valence-electron chi connectivity index (χ3n) is 6.17. The molecule has 2 aromatic heterocycles. The number of piperazine rings is 1. The molecule has 0 saturated carbocycles. The van der Waals surface area contributed by atoms with Gasteiger partial charge in [-0.05, 0) is 18.2 Å². The smallest absolute Gasteiger partial charge is 0.365 e. The minimum absolute atomic E-state index is 0.0264. The molecule has 208 valence electrons. The van der Waals surface area contributed by atoms with Crippen molar-refractivity contribution in [3.05, 3.63) is 65.7 Å². The first kappa shape index (κ1) is 28.0. The maximum absolute atomic E-state index is 14.6. The topological polar surface area (TPSA) is 65.8 Å². The number of fused-ring (bicyclic) bond motifs is 3. The maximum atomic E-state index is 14.6. The van der Waals surface area contributed by atoms with Crippen molar-refractivity contribution in [3.63, 3.8) is 0 Å². The molecule has 7 nitrogen and oxygen atoms in total. The van der Waals surface area contributed by atoms with Crippen LogP contribution in [-0.2, 0) is 11.3 Å². The zero-order valence-corrected chi connectivity index (χ0v) is 21.1. The molecule has 3 heterocycles. The van der Waals surface area contributed by atoms with E-state index in [1.54, 1.807) is 39.9 Å². The van der Waals surface area contributed by atoms with Crippen molar-refractivity contribution in [1.29, 1.82) is 0 Å². The molecule has 1 amide bonds. The van der Waals surface area contributed by atoms with Gasteiger partial charge in [-0.1, -0.05) is 32.0 Å². The number of benzene rings is 2. The Morgan fingerprint density at radius 2 is 1.87 bits per heavy atom. The summed E-state index contributed by atoms with van der Waals surface area (Å²) in [6.07, 6.45) is -4.19. The highest BCUT2D eigenvalue weighted by molar-refractivity contribution is 5.94. The van der Waals surface area contributed by atoms with Crippen molar-refractivity contribution in [2.75, 3.05) is 36.4 Å². The highest BCUT2D eigenvalue weighted by Crippen LogP contribution is 2.30. The van der Waals surface area contributed by atoms with Gasteiger partial charge in [0.2, 0.25) is 11.7 Å². The van der Waals surface area contributed by atoms with E-state index in [2.05, 4.69) is 15.3 Å². The first-order chi connectivity index (χ1) is 18.6. The van der Waals surface area contributed by atoms with E-state index in [1.807, 2.05) is 13.8 Å². The predicted molar refractivity (Wildman–Crippen MR) is 135 cm³/mol. The summed E-state index contributed by atoms with van der Waals surface area (Å²) < 4.78 is 80.7. The summed E-state index contributed by atoms with van der Waals surface area (Å²) in [6, 6.07) is 8.99. The molecular formula is C26H26F6N6O. The monoisotopic (exact) mass is 552 g/mol. The molecule has 1 fully saturated rings. The van der Waals surface area contributed by atoms with E-state index in [0.717, 1.165) is 11.0 Å². The number of rotatable bonds is 6. The minimum Gasteiger partial charge on any atom is -0.365 e. The number of carbonyl (C=O) groups excluding carboxylic acids is 1. The number of hydrogen-bond donors (Lipinski definition) is 1. The molecule has 5 rings (SSSR count). The van der Waals surface area contributed by atoms with E-state index in [1.165, 1.54) is 12.1 Å². The van der Waals surface area contributed by atoms with Crippen LogP contribution in [0.4, 0.5) is 37.8 Å². The minimum atomic E-state index is -4.47. The van der Waals surface area contributed by atoms with Crippen LogP contribution in [0.1, 0.15) is 31.4 Å².